The van der Waals surface area contributed by atoms with E-state index in [0.29, 0.717) is 11.6 Å². The fourth-order valence-corrected chi connectivity index (χ4v) is 1.82. The maximum absolute atomic E-state index is 13.0. The average molecular weight is 290 g/mol. The van der Waals surface area contributed by atoms with Crippen LogP contribution in [-0.2, 0) is 0 Å². The van der Waals surface area contributed by atoms with Crippen LogP contribution in [-0.4, -0.2) is 6.03 Å². The van der Waals surface area contributed by atoms with Crippen LogP contribution < -0.4 is 10.6 Å². The number of urea groups is 1. The smallest absolute Gasteiger partial charge is 0.308 e. The molecule has 0 saturated heterocycles. The zero-order valence-electron chi connectivity index (χ0n) is 11.8. The molecule has 0 atom stereocenters. The lowest BCUT2D eigenvalue weighted by Crippen LogP contribution is -2.19. The molecular weight excluding hydrogens is 274 g/mol. The average Bonchev–Trinajstić information content (AvgIpc) is 2.43. The van der Waals surface area contributed by atoms with E-state index in [0.717, 1.165) is 12.1 Å². The Labute approximate surface area is 122 Å². The van der Waals surface area contributed by atoms with Crippen LogP contribution in [0.5, 0.6) is 0 Å². The zero-order valence-corrected chi connectivity index (χ0v) is 11.8. The van der Waals surface area contributed by atoms with Gasteiger partial charge in [-0.3, -0.25) is 0 Å². The van der Waals surface area contributed by atoms with Crippen molar-refractivity contribution in [3.8, 4) is 0 Å². The number of halogens is 2. The SMILES string of the molecule is CC(C)c1ccc(NC(=O)Nc2ccc(F)c(F)c2)cc1. The molecule has 0 unspecified atom stereocenters. The first-order valence-electron chi connectivity index (χ1n) is 6.58. The summed E-state index contributed by atoms with van der Waals surface area (Å²) >= 11 is 0. The molecule has 2 amide bonds. The van der Waals surface area contributed by atoms with E-state index in [2.05, 4.69) is 24.5 Å². The molecule has 21 heavy (non-hydrogen) atoms. The summed E-state index contributed by atoms with van der Waals surface area (Å²) in [6.45, 7) is 4.16. The Balaban J connectivity index is 1.99. The van der Waals surface area contributed by atoms with Gasteiger partial charge in [-0.2, -0.15) is 0 Å². The quantitative estimate of drug-likeness (QED) is 0.842. The first-order valence-corrected chi connectivity index (χ1v) is 6.58. The van der Waals surface area contributed by atoms with Crippen LogP contribution in [0.4, 0.5) is 25.0 Å². The van der Waals surface area contributed by atoms with Crippen LogP contribution in [0.15, 0.2) is 42.5 Å². The number of hydrogen-bond acceptors (Lipinski definition) is 1. The molecule has 110 valence electrons. The minimum absolute atomic E-state index is 0.185. The topological polar surface area (TPSA) is 41.1 Å². The van der Waals surface area contributed by atoms with Crippen molar-refractivity contribution in [2.45, 2.75) is 19.8 Å². The molecule has 0 radical (unpaired) electrons. The molecule has 0 aromatic heterocycles. The van der Waals surface area contributed by atoms with Crippen LogP contribution >= 0.6 is 0 Å². The molecule has 3 nitrogen and oxygen atoms in total. The van der Waals surface area contributed by atoms with Crippen molar-refractivity contribution in [2.24, 2.45) is 0 Å². The van der Waals surface area contributed by atoms with Crippen molar-refractivity contribution >= 4 is 17.4 Å². The Morgan fingerprint density at radius 1 is 0.905 bits per heavy atom. The molecule has 5 heteroatoms. The fraction of sp³-hybridized carbons (Fsp3) is 0.188. The Bertz CT molecular complexity index is 639. The highest BCUT2D eigenvalue weighted by Gasteiger charge is 2.06. The molecule has 0 saturated carbocycles. The second-order valence-corrected chi connectivity index (χ2v) is 4.98. The third-order valence-electron chi connectivity index (χ3n) is 3.01. The molecule has 0 spiro atoms. The van der Waals surface area contributed by atoms with E-state index in [1.54, 1.807) is 12.1 Å². The molecule has 0 bridgehead atoms. The lowest BCUT2D eigenvalue weighted by Gasteiger charge is -2.10. The molecule has 0 aliphatic rings. The zero-order chi connectivity index (χ0) is 15.4. The van der Waals surface area contributed by atoms with Crippen molar-refractivity contribution in [3.63, 3.8) is 0 Å². The van der Waals surface area contributed by atoms with Gasteiger partial charge in [0.1, 0.15) is 0 Å². The molecule has 0 heterocycles. The van der Waals surface area contributed by atoms with E-state index in [1.165, 1.54) is 11.6 Å². The summed E-state index contributed by atoms with van der Waals surface area (Å²) < 4.78 is 25.8. The van der Waals surface area contributed by atoms with Gasteiger partial charge in [-0.25, -0.2) is 13.6 Å². The van der Waals surface area contributed by atoms with Gasteiger partial charge in [-0.15, -0.1) is 0 Å². The Morgan fingerprint density at radius 2 is 1.48 bits per heavy atom. The van der Waals surface area contributed by atoms with E-state index in [4.69, 9.17) is 0 Å². The number of rotatable bonds is 3. The van der Waals surface area contributed by atoms with Gasteiger partial charge in [-0.05, 0) is 35.7 Å². The predicted octanol–water partition coefficient (Wildman–Crippen LogP) is 4.73. The van der Waals surface area contributed by atoms with Gasteiger partial charge >= 0.3 is 6.03 Å². The fourth-order valence-electron chi connectivity index (χ4n) is 1.82. The minimum Gasteiger partial charge on any atom is -0.308 e. The first kappa shape index (κ1) is 15.0. The number of hydrogen-bond donors (Lipinski definition) is 2. The van der Waals surface area contributed by atoms with Gasteiger partial charge in [0.05, 0.1) is 0 Å². The number of amides is 2. The number of carbonyl (C=O) groups is 1. The Morgan fingerprint density at radius 3 is 2.05 bits per heavy atom. The van der Waals surface area contributed by atoms with Crippen LogP contribution in [0, 0.1) is 11.6 Å². The predicted molar refractivity (Wildman–Crippen MR) is 79.5 cm³/mol. The van der Waals surface area contributed by atoms with Crippen molar-refractivity contribution < 1.29 is 13.6 Å². The molecule has 2 aromatic rings. The lowest BCUT2D eigenvalue weighted by atomic mass is 10.0. The third kappa shape index (κ3) is 4.02. The molecule has 0 fully saturated rings. The molecular formula is C16H16F2N2O. The minimum atomic E-state index is -1.01. The molecule has 2 N–H and O–H groups in total. The summed E-state index contributed by atoms with van der Waals surface area (Å²) in [6.07, 6.45) is 0. The van der Waals surface area contributed by atoms with Crippen molar-refractivity contribution in [2.75, 3.05) is 10.6 Å². The van der Waals surface area contributed by atoms with Crippen molar-refractivity contribution in [1.82, 2.24) is 0 Å². The summed E-state index contributed by atoms with van der Waals surface area (Å²) in [5, 5.41) is 5.06. The van der Waals surface area contributed by atoms with E-state index < -0.39 is 17.7 Å². The number of carbonyl (C=O) groups excluding carboxylic acids is 1. The van der Waals surface area contributed by atoms with E-state index in [1.807, 2.05) is 12.1 Å². The van der Waals surface area contributed by atoms with Gasteiger partial charge < -0.3 is 10.6 Å². The molecule has 2 aromatic carbocycles. The normalized spacial score (nSPS) is 10.5. The van der Waals surface area contributed by atoms with Crippen LogP contribution in [0.3, 0.4) is 0 Å². The largest absolute Gasteiger partial charge is 0.323 e. The molecule has 0 aliphatic heterocycles. The molecule has 2 rings (SSSR count). The van der Waals surface area contributed by atoms with E-state index >= 15 is 0 Å². The molecule has 0 aliphatic carbocycles. The standard InChI is InChI=1S/C16H16F2N2O/c1-10(2)11-3-5-12(6-4-11)19-16(21)20-13-7-8-14(17)15(18)9-13/h3-10H,1-2H3,(H2,19,20,21). The van der Waals surface area contributed by atoms with Crippen LogP contribution in [0.25, 0.3) is 0 Å². The second kappa shape index (κ2) is 6.35. The van der Waals surface area contributed by atoms with Gasteiger partial charge in [0.15, 0.2) is 11.6 Å². The lowest BCUT2D eigenvalue weighted by molar-refractivity contribution is 0.262. The Hall–Kier alpha value is -2.43. The highest BCUT2D eigenvalue weighted by molar-refractivity contribution is 5.99. The van der Waals surface area contributed by atoms with Crippen molar-refractivity contribution in [1.29, 1.82) is 0 Å². The highest BCUT2D eigenvalue weighted by Crippen LogP contribution is 2.18. The number of nitrogens with one attached hydrogen (secondary N) is 2. The van der Waals surface area contributed by atoms with E-state index in [9.17, 15) is 13.6 Å². The summed E-state index contributed by atoms with van der Waals surface area (Å²) in [5.41, 5.74) is 1.98. The highest BCUT2D eigenvalue weighted by atomic mass is 19.2. The van der Waals surface area contributed by atoms with Gasteiger partial charge in [0, 0.05) is 17.4 Å². The summed E-state index contributed by atoms with van der Waals surface area (Å²) in [4.78, 5) is 11.8. The van der Waals surface area contributed by atoms with Gasteiger partial charge in [0.2, 0.25) is 0 Å². The second-order valence-electron chi connectivity index (χ2n) is 4.98. The van der Waals surface area contributed by atoms with Crippen LogP contribution in [0.2, 0.25) is 0 Å². The number of anilines is 2. The Kier molecular flexibility index (Phi) is 4.52. The summed E-state index contributed by atoms with van der Waals surface area (Å²) in [6, 6.07) is 10.1. The monoisotopic (exact) mass is 290 g/mol. The summed E-state index contributed by atoms with van der Waals surface area (Å²) in [5.74, 6) is -1.55. The van der Waals surface area contributed by atoms with Crippen molar-refractivity contribution in [3.05, 3.63) is 59.7 Å². The van der Waals surface area contributed by atoms with Gasteiger partial charge in [-0.1, -0.05) is 26.0 Å². The summed E-state index contributed by atoms with van der Waals surface area (Å²) in [7, 11) is 0. The van der Waals surface area contributed by atoms with E-state index in [-0.39, 0.29) is 5.69 Å². The first-order chi connectivity index (χ1) is 9.95. The van der Waals surface area contributed by atoms with Crippen LogP contribution in [0.1, 0.15) is 25.3 Å². The maximum atomic E-state index is 13.0. The van der Waals surface area contributed by atoms with Gasteiger partial charge in [0.25, 0.3) is 0 Å². The third-order valence-corrected chi connectivity index (χ3v) is 3.01. The maximum Gasteiger partial charge on any atom is 0.323 e. The number of benzene rings is 2.